The summed E-state index contributed by atoms with van der Waals surface area (Å²) in [6.07, 6.45) is 2.25. The average Bonchev–Trinajstić information content (AvgIpc) is 2.94. The molecule has 0 spiro atoms. The number of nitrogens with zero attached hydrogens (tertiary/aromatic N) is 1. The summed E-state index contributed by atoms with van der Waals surface area (Å²) >= 11 is 3.47. The standard InChI is InChI=1S/C22H16BrNO2/c23-13-10-8-12(9-11-13)18-19-16(6-3-7-17(19)25)24-21-14-4-1-2-5-15(14)22(26)20(18)21/h1-2,4-5,8-11,18-19H,3,6-7H2/t18-,19?/m1/s1. The van der Waals surface area contributed by atoms with Gasteiger partial charge in [0.15, 0.2) is 5.78 Å². The fourth-order valence-corrected chi connectivity index (χ4v) is 4.74. The Bertz CT molecular complexity index is 1020. The molecule has 3 nitrogen and oxygen atoms in total. The number of carbonyl (C=O) groups is 2. The zero-order valence-corrected chi connectivity index (χ0v) is 15.6. The van der Waals surface area contributed by atoms with Crippen molar-refractivity contribution in [1.29, 1.82) is 0 Å². The van der Waals surface area contributed by atoms with E-state index in [4.69, 9.17) is 4.99 Å². The van der Waals surface area contributed by atoms with Gasteiger partial charge in [-0.3, -0.25) is 14.6 Å². The van der Waals surface area contributed by atoms with Gasteiger partial charge in [0.2, 0.25) is 0 Å². The molecule has 3 aliphatic rings. The van der Waals surface area contributed by atoms with E-state index in [1.807, 2.05) is 48.5 Å². The molecular formula is C22H16BrNO2. The molecule has 0 saturated heterocycles. The van der Waals surface area contributed by atoms with Crippen LogP contribution in [0.15, 0.2) is 63.6 Å². The molecule has 0 N–H and O–H groups in total. The summed E-state index contributed by atoms with van der Waals surface area (Å²) in [5.74, 6) is -0.317. The number of rotatable bonds is 1. The highest BCUT2D eigenvalue weighted by molar-refractivity contribution is 9.10. The number of hydrogen-bond donors (Lipinski definition) is 0. The Kier molecular flexibility index (Phi) is 3.57. The molecule has 0 aromatic heterocycles. The van der Waals surface area contributed by atoms with Crippen LogP contribution in [-0.4, -0.2) is 17.3 Å². The number of halogens is 1. The summed E-state index contributed by atoms with van der Waals surface area (Å²) < 4.78 is 0.983. The van der Waals surface area contributed by atoms with Crippen LogP contribution in [0.2, 0.25) is 0 Å². The van der Waals surface area contributed by atoms with Gasteiger partial charge in [-0.05, 0) is 30.5 Å². The van der Waals surface area contributed by atoms with Gasteiger partial charge >= 0.3 is 0 Å². The van der Waals surface area contributed by atoms with Gasteiger partial charge in [-0.2, -0.15) is 0 Å². The van der Waals surface area contributed by atoms with Crippen LogP contribution in [0.25, 0.3) is 5.70 Å². The number of hydrogen-bond acceptors (Lipinski definition) is 3. The number of ketones is 2. The van der Waals surface area contributed by atoms with E-state index in [1.165, 1.54) is 0 Å². The Labute approximate surface area is 160 Å². The van der Waals surface area contributed by atoms with Crippen molar-refractivity contribution in [3.63, 3.8) is 0 Å². The highest BCUT2D eigenvalue weighted by Gasteiger charge is 2.46. The van der Waals surface area contributed by atoms with Gasteiger partial charge in [-0.1, -0.05) is 52.3 Å². The largest absolute Gasteiger partial charge is 0.299 e. The SMILES string of the molecule is O=C1C2=C(N=C3CCCC(=O)C3[C@H]2c2ccc(Br)cc2)c2ccccc21. The topological polar surface area (TPSA) is 46.5 Å². The van der Waals surface area contributed by atoms with Crippen LogP contribution < -0.4 is 0 Å². The first-order valence-corrected chi connectivity index (χ1v) is 9.68. The summed E-state index contributed by atoms with van der Waals surface area (Å²) in [6, 6.07) is 15.6. The van der Waals surface area contributed by atoms with Crippen LogP contribution in [0.3, 0.4) is 0 Å². The van der Waals surface area contributed by atoms with Crippen LogP contribution in [0, 0.1) is 5.92 Å². The van der Waals surface area contributed by atoms with E-state index < -0.39 is 0 Å². The van der Waals surface area contributed by atoms with Gasteiger partial charge in [-0.25, -0.2) is 0 Å². The van der Waals surface area contributed by atoms with Crippen molar-refractivity contribution < 1.29 is 9.59 Å². The maximum atomic E-state index is 13.2. The van der Waals surface area contributed by atoms with E-state index in [1.54, 1.807) is 0 Å². The van der Waals surface area contributed by atoms with Crippen LogP contribution >= 0.6 is 15.9 Å². The van der Waals surface area contributed by atoms with Gasteiger partial charge in [0, 0.05) is 39.2 Å². The number of fused-ring (bicyclic) bond motifs is 3. The molecule has 0 amide bonds. The zero-order chi connectivity index (χ0) is 17.8. The summed E-state index contributed by atoms with van der Waals surface area (Å²) in [5.41, 5.74) is 5.03. The van der Waals surface area contributed by atoms with Gasteiger partial charge in [0.25, 0.3) is 0 Å². The molecule has 2 atom stereocenters. The lowest BCUT2D eigenvalue weighted by Gasteiger charge is -2.34. The molecule has 2 aromatic rings. The lowest BCUT2D eigenvalue weighted by molar-refractivity contribution is -0.121. The lowest BCUT2D eigenvalue weighted by atomic mass is 9.69. The van der Waals surface area contributed by atoms with E-state index in [0.717, 1.165) is 39.8 Å². The fourth-order valence-electron chi connectivity index (χ4n) is 4.48. The number of Topliss-reactive ketones (excluding diaryl/α,β-unsaturated/α-hetero) is 2. The first-order chi connectivity index (χ1) is 12.6. The minimum absolute atomic E-state index is 0.0182. The third-order valence-electron chi connectivity index (χ3n) is 5.62. The Morgan fingerprint density at radius 2 is 1.62 bits per heavy atom. The second kappa shape index (κ2) is 5.85. The first kappa shape index (κ1) is 15.9. The van der Waals surface area contributed by atoms with Crippen LogP contribution in [0.4, 0.5) is 0 Å². The number of allylic oxidation sites excluding steroid dienone is 1. The second-order valence-electron chi connectivity index (χ2n) is 7.07. The Balaban J connectivity index is 1.75. The number of benzene rings is 2. The van der Waals surface area contributed by atoms with Gasteiger partial charge in [-0.15, -0.1) is 0 Å². The van der Waals surface area contributed by atoms with Crippen LogP contribution in [0.1, 0.15) is 46.7 Å². The van der Waals surface area contributed by atoms with E-state index in [-0.39, 0.29) is 23.4 Å². The quantitative estimate of drug-likeness (QED) is 0.672. The molecule has 2 aliphatic carbocycles. The Morgan fingerprint density at radius 3 is 2.38 bits per heavy atom. The smallest absolute Gasteiger partial charge is 0.192 e. The maximum absolute atomic E-state index is 13.2. The summed E-state index contributed by atoms with van der Waals surface area (Å²) in [5, 5.41) is 0. The van der Waals surface area contributed by atoms with Crippen molar-refractivity contribution in [3.05, 3.63) is 75.3 Å². The summed E-state index contributed by atoms with van der Waals surface area (Å²) in [4.78, 5) is 30.9. The third kappa shape index (κ3) is 2.21. The second-order valence-corrected chi connectivity index (χ2v) is 7.98. The van der Waals surface area contributed by atoms with Crippen molar-refractivity contribution in [3.8, 4) is 0 Å². The zero-order valence-electron chi connectivity index (χ0n) is 14.0. The molecule has 4 heteroatoms. The monoisotopic (exact) mass is 405 g/mol. The van der Waals surface area contributed by atoms with Crippen molar-refractivity contribution in [2.24, 2.45) is 10.9 Å². The lowest BCUT2D eigenvalue weighted by Crippen LogP contribution is -2.37. The Morgan fingerprint density at radius 1 is 0.885 bits per heavy atom. The molecule has 1 saturated carbocycles. The van der Waals surface area contributed by atoms with Crippen molar-refractivity contribution >= 4 is 38.9 Å². The summed E-state index contributed by atoms with van der Waals surface area (Å²) in [7, 11) is 0. The minimum Gasteiger partial charge on any atom is -0.299 e. The van der Waals surface area contributed by atoms with Gasteiger partial charge in [0.1, 0.15) is 5.78 Å². The Hall–Kier alpha value is -2.33. The van der Waals surface area contributed by atoms with Gasteiger partial charge < -0.3 is 0 Å². The van der Waals surface area contributed by atoms with Crippen LogP contribution in [-0.2, 0) is 4.79 Å². The molecule has 1 aliphatic heterocycles. The molecule has 1 heterocycles. The van der Waals surface area contributed by atoms with E-state index in [2.05, 4.69) is 15.9 Å². The molecule has 5 rings (SSSR count). The highest BCUT2D eigenvalue weighted by Crippen LogP contribution is 2.49. The third-order valence-corrected chi connectivity index (χ3v) is 6.15. The summed E-state index contributed by atoms with van der Waals surface area (Å²) in [6.45, 7) is 0. The van der Waals surface area contributed by atoms with Crippen LogP contribution in [0.5, 0.6) is 0 Å². The fraction of sp³-hybridized carbons (Fsp3) is 0.227. The first-order valence-electron chi connectivity index (χ1n) is 8.89. The van der Waals surface area contributed by atoms with Crippen molar-refractivity contribution in [2.75, 3.05) is 0 Å². The van der Waals surface area contributed by atoms with Crippen molar-refractivity contribution in [2.45, 2.75) is 25.2 Å². The van der Waals surface area contributed by atoms with Crippen molar-refractivity contribution in [1.82, 2.24) is 0 Å². The van der Waals surface area contributed by atoms with Gasteiger partial charge in [0.05, 0.1) is 11.6 Å². The van der Waals surface area contributed by atoms with E-state index in [0.29, 0.717) is 17.6 Å². The molecule has 1 fully saturated rings. The predicted molar refractivity (Wildman–Crippen MR) is 104 cm³/mol. The molecule has 0 bridgehead atoms. The number of carbonyl (C=O) groups excluding carboxylic acids is 2. The molecule has 26 heavy (non-hydrogen) atoms. The molecule has 1 unspecified atom stereocenters. The molecule has 2 aromatic carbocycles. The van der Waals surface area contributed by atoms with E-state index in [9.17, 15) is 9.59 Å². The molecule has 128 valence electrons. The normalized spacial score (nSPS) is 24.1. The highest BCUT2D eigenvalue weighted by atomic mass is 79.9. The maximum Gasteiger partial charge on any atom is 0.192 e. The predicted octanol–water partition coefficient (Wildman–Crippen LogP) is 4.96. The molecular weight excluding hydrogens is 390 g/mol. The average molecular weight is 406 g/mol. The number of aliphatic imine (C=N–C) groups is 1. The van der Waals surface area contributed by atoms with E-state index >= 15 is 0 Å². The minimum atomic E-state index is -0.304. The molecule has 0 radical (unpaired) electrons.